The lowest BCUT2D eigenvalue weighted by Crippen LogP contribution is -2.28. The number of para-hydroxylation sites is 1. The van der Waals surface area contributed by atoms with Gasteiger partial charge in [-0.15, -0.1) is 0 Å². The summed E-state index contributed by atoms with van der Waals surface area (Å²) >= 11 is 3.59. The minimum Gasteiger partial charge on any atom is -0.254 e. The zero-order valence-electron chi connectivity index (χ0n) is 19.4. The van der Waals surface area contributed by atoms with Gasteiger partial charge >= 0.3 is 0 Å². The van der Waals surface area contributed by atoms with Crippen LogP contribution in [0.15, 0.2) is 118 Å². The second kappa shape index (κ2) is 9.77. The quantitative estimate of drug-likeness (QED) is 0.215. The van der Waals surface area contributed by atoms with E-state index in [2.05, 4.69) is 90.4 Å². The third-order valence-corrected chi connectivity index (χ3v) is 10.4. The van der Waals surface area contributed by atoms with Crippen LogP contribution in [0.4, 0.5) is 10.1 Å². The highest BCUT2D eigenvalue weighted by molar-refractivity contribution is 9.10. The molecule has 5 aromatic rings. The van der Waals surface area contributed by atoms with Crippen molar-refractivity contribution >= 4 is 44.6 Å². The Kier molecular flexibility index (Phi) is 6.55. The Labute approximate surface area is 213 Å². The van der Waals surface area contributed by atoms with Crippen LogP contribution in [-0.2, 0) is 0 Å². The third kappa shape index (κ3) is 4.42. The van der Waals surface area contributed by atoms with Gasteiger partial charge in [-0.05, 0) is 62.4 Å². The number of halogens is 2. The number of rotatable bonds is 5. The molecule has 0 N–H and O–H groups in total. The molecule has 0 unspecified atom stereocenters. The minimum atomic E-state index is -2.59. The summed E-state index contributed by atoms with van der Waals surface area (Å²) in [7, 11) is -2.59. The Balaban J connectivity index is 1.92. The van der Waals surface area contributed by atoms with E-state index in [1.807, 2.05) is 28.9 Å². The zero-order valence-corrected chi connectivity index (χ0v) is 21.9. The van der Waals surface area contributed by atoms with Gasteiger partial charge in [-0.1, -0.05) is 76.6 Å². The Hall–Kier alpha value is -3.27. The molecule has 1 heterocycles. The second-order valence-electron chi connectivity index (χ2n) is 8.29. The number of hydrogen-bond acceptors (Lipinski definition) is 2. The van der Waals surface area contributed by atoms with E-state index in [4.69, 9.17) is 9.84 Å². The van der Waals surface area contributed by atoms with Crippen LogP contribution < -0.4 is 15.9 Å². The molecule has 1 aromatic heterocycles. The molecule has 0 amide bonds. The molecule has 174 valence electrons. The van der Waals surface area contributed by atoms with Crippen molar-refractivity contribution in [2.45, 2.75) is 13.8 Å². The van der Waals surface area contributed by atoms with Crippen LogP contribution in [0.5, 0.6) is 0 Å². The van der Waals surface area contributed by atoms with E-state index in [-0.39, 0.29) is 5.82 Å². The molecule has 6 heteroatoms. The number of aromatic nitrogens is 2. The van der Waals surface area contributed by atoms with Crippen molar-refractivity contribution in [3.05, 3.63) is 131 Å². The fourth-order valence-corrected chi connectivity index (χ4v) is 8.63. The van der Waals surface area contributed by atoms with Crippen molar-refractivity contribution in [2.75, 3.05) is 0 Å². The van der Waals surface area contributed by atoms with Gasteiger partial charge in [0.15, 0.2) is 0 Å². The Morgan fingerprint density at radius 2 is 1.31 bits per heavy atom. The maximum atomic E-state index is 13.8. The first-order valence-corrected chi connectivity index (χ1v) is 13.8. The molecule has 0 aliphatic heterocycles. The molecule has 0 fully saturated rings. The molecule has 0 spiro atoms. The van der Waals surface area contributed by atoms with Gasteiger partial charge in [0, 0.05) is 20.4 Å². The summed E-state index contributed by atoms with van der Waals surface area (Å²) in [4.78, 5) is 0. The molecule has 0 saturated carbocycles. The first-order chi connectivity index (χ1) is 17.0. The lowest BCUT2D eigenvalue weighted by Gasteiger charge is -2.27. The van der Waals surface area contributed by atoms with Gasteiger partial charge in [0.2, 0.25) is 0 Å². The maximum absolute atomic E-state index is 13.8. The highest BCUT2D eigenvalue weighted by Crippen LogP contribution is 2.51. The largest absolute Gasteiger partial charge is 0.254 e. The molecule has 35 heavy (non-hydrogen) atoms. The van der Waals surface area contributed by atoms with E-state index in [1.54, 1.807) is 12.1 Å². The third-order valence-electron chi connectivity index (χ3n) is 6.00. The van der Waals surface area contributed by atoms with E-state index >= 15 is 0 Å². The van der Waals surface area contributed by atoms with E-state index < -0.39 is 7.05 Å². The van der Waals surface area contributed by atoms with Crippen molar-refractivity contribution in [1.82, 2.24) is 9.78 Å². The molecule has 0 saturated heterocycles. The summed E-state index contributed by atoms with van der Waals surface area (Å²) in [5.41, 5.74) is 3.71. The van der Waals surface area contributed by atoms with Gasteiger partial charge in [-0.2, -0.15) is 5.10 Å². The lowest BCUT2D eigenvalue weighted by atomic mass is 10.3. The smallest absolute Gasteiger partial charge is 0.123 e. The van der Waals surface area contributed by atoms with Crippen LogP contribution in [0.1, 0.15) is 11.4 Å². The molecule has 5 rings (SSSR count). The number of aryl methyl sites for hydroxylation is 1. The summed E-state index contributed by atoms with van der Waals surface area (Å²) in [6.45, 7) is 4.16. The van der Waals surface area contributed by atoms with Crippen LogP contribution in [0.3, 0.4) is 0 Å². The average molecular weight is 544 g/mol. The molecule has 3 nitrogen and oxygen atoms in total. The fourth-order valence-electron chi connectivity index (χ4n) is 4.48. The van der Waals surface area contributed by atoms with Crippen LogP contribution >= 0.6 is 23.0 Å². The molecule has 0 radical (unpaired) electrons. The van der Waals surface area contributed by atoms with E-state index in [1.165, 1.54) is 12.1 Å². The van der Waals surface area contributed by atoms with Gasteiger partial charge in [0.1, 0.15) is 5.82 Å². The van der Waals surface area contributed by atoms with Crippen molar-refractivity contribution in [3.63, 3.8) is 0 Å². The zero-order chi connectivity index (χ0) is 24.4. The number of hydrogen-bond donors (Lipinski definition) is 0. The molecular formula is C29H24BrFN3P. The van der Waals surface area contributed by atoms with Gasteiger partial charge in [-0.3, -0.25) is 4.74 Å². The van der Waals surface area contributed by atoms with Crippen molar-refractivity contribution in [2.24, 2.45) is 4.74 Å². The van der Waals surface area contributed by atoms with E-state index in [0.717, 1.165) is 43.1 Å². The Morgan fingerprint density at radius 3 is 1.94 bits per heavy atom. The first-order valence-electron chi connectivity index (χ1n) is 11.3. The van der Waals surface area contributed by atoms with Crippen molar-refractivity contribution < 1.29 is 4.39 Å². The van der Waals surface area contributed by atoms with Gasteiger partial charge in [0.05, 0.1) is 29.8 Å². The summed E-state index contributed by atoms with van der Waals surface area (Å²) in [6.07, 6.45) is 0. The van der Waals surface area contributed by atoms with Crippen LogP contribution in [0, 0.1) is 19.7 Å². The predicted octanol–water partition coefficient (Wildman–Crippen LogP) is 7.20. The Bertz CT molecular complexity index is 1510. The fraction of sp³-hybridized carbons (Fsp3) is 0.0690. The normalized spacial score (nSPS) is 12.8. The molecule has 4 aromatic carbocycles. The Morgan fingerprint density at radius 1 is 0.743 bits per heavy atom. The SMILES string of the molecule is Cc1nn(-c2ccccc2)c(C)c1[P@@](=Nc1ccc(F)cc1)(c1ccccc1)c1ccc(Br)cc1. The average Bonchev–Trinajstić information content (AvgIpc) is 3.19. The summed E-state index contributed by atoms with van der Waals surface area (Å²) < 4.78 is 22.3. The molecule has 0 bridgehead atoms. The maximum Gasteiger partial charge on any atom is 0.123 e. The molecule has 1 atom stereocenters. The summed E-state index contributed by atoms with van der Waals surface area (Å²) in [5, 5.41) is 8.32. The van der Waals surface area contributed by atoms with Crippen molar-refractivity contribution in [3.8, 4) is 5.69 Å². The predicted molar refractivity (Wildman–Crippen MR) is 148 cm³/mol. The molecular weight excluding hydrogens is 520 g/mol. The minimum absolute atomic E-state index is 0.277. The standard InChI is InChI=1S/C29H24BrFN3P/c1-21-29(22(2)34(32-21)26-9-5-3-6-10-26)35(27-11-7-4-8-12-27,28-19-13-23(30)14-20-28)33-25-17-15-24(31)16-18-25/h3-20H,1-2H3/t35-/m1/s1. The monoisotopic (exact) mass is 543 g/mol. The van der Waals surface area contributed by atoms with Gasteiger partial charge < -0.3 is 0 Å². The summed E-state index contributed by atoms with van der Waals surface area (Å²) in [5.74, 6) is -0.277. The molecule has 0 aliphatic carbocycles. The van der Waals surface area contributed by atoms with Gasteiger partial charge in [0.25, 0.3) is 0 Å². The lowest BCUT2D eigenvalue weighted by molar-refractivity contribution is 0.628. The highest BCUT2D eigenvalue weighted by atomic mass is 79.9. The van der Waals surface area contributed by atoms with Crippen molar-refractivity contribution in [1.29, 1.82) is 0 Å². The van der Waals surface area contributed by atoms with Crippen LogP contribution in [0.25, 0.3) is 5.69 Å². The summed E-state index contributed by atoms with van der Waals surface area (Å²) in [6, 6.07) is 35.4. The van der Waals surface area contributed by atoms with Crippen LogP contribution in [-0.4, -0.2) is 9.78 Å². The van der Waals surface area contributed by atoms with Crippen LogP contribution in [0.2, 0.25) is 0 Å². The van der Waals surface area contributed by atoms with E-state index in [9.17, 15) is 4.39 Å². The van der Waals surface area contributed by atoms with Gasteiger partial charge in [-0.25, -0.2) is 9.07 Å². The van der Waals surface area contributed by atoms with E-state index in [0.29, 0.717) is 0 Å². The first kappa shape index (κ1) is 23.5. The topological polar surface area (TPSA) is 30.2 Å². The highest BCUT2D eigenvalue weighted by Gasteiger charge is 2.33. The number of nitrogens with zero attached hydrogens (tertiary/aromatic N) is 3. The number of benzene rings is 4. The second-order valence-corrected chi connectivity index (χ2v) is 12.2. The molecule has 0 aliphatic rings.